The summed E-state index contributed by atoms with van der Waals surface area (Å²) >= 11 is 0. The van der Waals surface area contributed by atoms with Crippen LogP contribution in [-0.4, -0.2) is 39.9 Å². The molecule has 0 unspecified atom stereocenters. The predicted octanol–water partition coefficient (Wildman–Crippen LogP) is 0.507. The highest BCUT2D eigenvalue weighted by molar-refractivity contribution is 5.82. The van der Waals surface area contributed by atoms with Gasteiger partial charge in [-0.1, -0.05) is 0 Å². The molecule has 0 saturated heterocycles. The van der Waals surface area contributed by atoms with Crippen molar-refractivity contribution in [1.29, 1.82) is 0 Å². The SMILES string of the molecule is CCNc1ncnc(NCC(=O)NC2CC2)c1[N+](=O)[O-]. The Balaban J connectivity index is 2.07. The summed E-state index contributed by atoms with van der Waals surface area (Å²) in [6.07, 6.45) is 3.19. The maximum absolute atomic E-state index is 11.6. The molecule has 1 aliphatic rings. The minimum absolute atomic E-state index is 0.0342. The number of amides is 1. The van der Waals surface area contributed by atoms with Crippen molar-refractivity contribution in [3.05, 3.63) is 16.4 Å². The van der Waals surface area contributed by atoms with Gasteiger partial charge in [0.15, 0.2) is 0 Å². The predicted molar refractivity (Wildman–Crippen MR) is 72.5 cm³/mol. The maximum atomic E-state index is 11.6. The van der Waals surface area contributed by atoms with Gasteiger partial charge in [-0.15, -0.1) is 0 Å². The molecule has 0 bridgehead atoms. The fourth-order valence-corrected chi connectivity index (χ4v) is 1.65. The zero-order valence-corrected chi connectivity index (χ0v) is 11.0. The number of nitro groups is 1. The van der Waals surface area contributed by atoms with E-state index in [1.54, 1.807) is 0 Å². The Bertz CT molecular complexity index is 517. The molecule has 9 heteroatoms. The van der Waals surface area contributed by atoms with Crippen LogP contribution in [0.2, 0.25) is 0 Å². The van der Waals surface area contributed by atoms with E-state index in [4.69, 9.17) is 0 Å². The van der Waals surface area contributed by atoms with Crippen LogP contribution in [0.1, 0.15) is 19.8 Å². The highest BCUT2D eigenvalue weighted by Crippen LogP contribution is 2.28. The smallest absolute Gasteiger partial charge is 0.353 e. The van der Waals surface area contributed by atoms with Gasteiger partial charge in [0.1, 0.15) is 6.33 Å². The number of hydrogen-bond acceptors (Lipinski definition) is 7. The molecule has 1 heterocycles. The normalized spacial score (nSPS) is 13.7. The van der Waals surface area contributed by atoms with Crippen LogP contribution >= 0.6 is 0 Å². The Labute approximate surface area is 115 Å². The third-order valence-electron chi connectivity index (χ3n) is 2.71. The Hall–Kier alpha value is -2.45. The third kappa shape index (κ3) is 3.53. The Morgan fingerprint density at radius 3 is 2.60 bits per heavy atom. The van der Waals surface area contributed by atoms with Crippen molar-refractivity contribution in [2.24, 2.45) is 0 Å². The molecule has 9 nitrogen and oxygen atoms in total. The lowest BCUT2D eigenvalue weighted by Crippen LogP contribution is -2.31. The Kier molecular flexibility index (Phi) is 4.28. The number of hydrogen-bond donors (Lipinski definition) is 3. The minimum Gasteiger partial charge on any atom is -0.364 e. The monoisotopic (exact) mass is 280 g/mol. The first-order valence-corrected chi connectivity index (χ1v) is 6.38. The number of carbonyl (C=O) groups is 1. The molecule has 20 heavy (non-hydrogen) atoms. The summed E-state index contributed by atoms with van der Waals surface area (Å²) in [4.78, 5) is 29.7. The van der Waals surface area contributed by atoms with Gasteiger partial charge in [-0.2, -0.15) is 0 Å². The molecular formula is C11H16N6O3. The van der Waals surface area contributed by atoms with Crippen molar-refractivity contribution < 1.29 is 9.72 Å². The zero-order chi connectivity index (χ0) is 14.5. The van der Waals surface area contributed by atoms with E-state index in [2.05, 4.69) is 25.9 Å². The summed E-state index contributed by atoms with van der Waals surface area (Å²) in [5, 5.41) is 19.4. The quantitative estimate of drug-likeness (QED) is 0.491. The van der Waals surface area contributed by atoms with E-state index in [1.807, 2.05) is 6.92 Å². The summed E-state index contributed by atoms with van der Waals surface area (Å²) in [5.41, 5.74) is -0.256. The molecule has 2 rings (SSSR count). The number of rotatable bonds is 7. The van der Waals surface area contributed by atoms with Crippen molar-refractivity contribution >= 4 is 23.2 Å². The lowest BCUT2D eigenvalue weighted by Gasteiger charge is -2.09. The van der Waals surface area contributed by atoms with Gasteiger partial charge in [0.2, 0.25) is 17.5 Å². The molecule has 0 aromatic carbocycles. The molecule has 108 valence electrons. The van der Waals surface area contributed by atoms with Crippen molar-refractivity contribution in [2.75, 3.05) is 23.7 Å². The number of aromatic nitrogens is 2. The van der Waals surface area contributed by atoms with Gasteiger partial charge in [-0.05, 0) is 19.8 Å². The minimum atomic E-state index is -0.570. The van der Waals surface area contributed by atoms with Gasteiger partial charge in [0.25, 0.3) is 0 Å². The van der Waals surface area contributed by atoms with Crippen molar-refractivity contribution in [3.63, 3.8) is 0 Å². The summed E-state index contributed by atoms with van der Waals surface area (Å²) < 4.78 is 0. The second-order valence-corrected chi connectivity index (χ2v) is 4.40. The summed E-state index contributed by atoms with van der Waals surface area (Å²) in [6.45, 7) is 2.25. The Morgan fingerprint density at radius 1 is 1.40 bits per heavy atom. The highest BCUT2D eigenvalue weighted by atomic mass is 16.6. The van der Waals surface area contributed by atoms with Crippen molar-refractivity contribution in [2.45, 2.75) is 25.8 Å². The van der Waals surface area contributed by atoms with E-state index >= 15 is 0 Å². The van der Waals surface area contributed by atoms with Gasteiger partial charge >= 0.3 is 5.69 Å². The van der Waals surface area contributed by atoms with Crippen LogP contribution in [0.4, 0.5) is 17.3 Å². The number of carbonyl (C=O) groups excluding carboxylic acids is 1. The van der Waals surface area contributed by atoms with Crippen LogP contribution in [0.15, 0.2) is 6.33 Å². The van der Waals surface area contributed by atoms with E-state index < -0.39 is 4.92 Å². The zero-order valence-electron chi connectivity index (χ0n) is 11.0. The molecule has 1 aromatic rings. The van der Waals surface area contributed by atoms with E-state index in [0.717, 1.165) is 12.8 Å². The largest absolute Gasteiger partial charge is 0.364 e. The summed E-state index contributed by atoms with van der Waals surface area (Å²) in [7, 11) is 0. The molecule has 0 aliphatic heterocycles. The van der Waals surface area contributed by atoms with E-state index in [9.17, 15) is 14.9 Å². The first kappa shape index (κ1) is 14.0. The molecule has 0 atom stereocenters. The van der Waals surface area contributed by atoms with Crippen LogP contribution < -0.4 is 16.0 Å². The Morgan fingerprint density at radius 2 is 2.05 bits per heavy atom. The van der Waals surface area contributed by atoms with Crippen LogP contribution in [0.5, 0.6) is 0 Å². The fraction of sp³-hybridized carbons (Fsp3) is 0.545. The average Bonchev–Trinajstić information content (AvgIpc) is 3.20. The maximum Gasteiger partial charge on any atom is 0.353 e. The first-order chi connectivity index (χ1) is 9.61. The van der Waals surface area contributed by atoms with E-state index in [0.29, 0.717) is 6.54 Å². The van der Waals surface area contributed by atoms with Gasteiger partial charge < -0.3 is 16.0 Å². The molecule has 1 amide bonds. The van der Waals surface area contributed by atoms with E-state index in [-0.39, 0.29) is 35.8 Å². The number of anilines is 2. The molecule has 0 radical (unpaired) electrons. The van der Waals surface area contributed by atoms with Crippen LogP contribution in [0, 0.1) is 10.1 Å². The number of nitrogens with one attached hydrogen (secondary N) is 3. The van der Waals surface area contributed by atoms with Gasteiger partial charge in [0.05, 0.1) is 11.5 Å². The van der Waals surface area contributed by atoms with Crippen molar-refractivity contribution in [3.8, 4) is 0 Å². The lowest BCUT2D eigenvalue weighted by molar-refractivity contribution is -0.383. The summed E-state index contributed by atoms with van der Waals surface area (Å²) in [6, 6.07) is 0.252. The van der Waals surface area contributed by atoms with Crippen LogP contribution in [0.3, 0.4) is 0 Å². The van der Waals surface area contributed by atoms with Crippen molar-refractivity contribution in [1.82, 2.24) is 15.3 Å². The van der Waals surface area contributed by atoms with Crippen LogP contribution in [-0.2, 0) is 4.79 Å². The second-order valence-electron chi connectivity index (χ2n) is 4.40. The highest BCUT2D eigenvalue weighted by Gasteiger charge is 2.25. The van der Waals surface area contributed by atoms with Gasteiger partial charge in [-0.3, -0.25) is 14.9 Å². The van der Waals surface area contributed by atoms with Crippen LogP contribution in [0.25, 0.3) is 0 Å². The lowest BCUT2D eigenvalue weighted by atomic mass is 10.4. The summed E-state index contributed by atoms with van der Waals surface area (Å²) in [5.74, 6) is -0.0325. The van der Waals surface area contributed by atoms with Gasteiger partial charge in [0, 0.05) is 12.6 Å². The molecule has 1 aromatic heterocycles. The third-order valence-corrected chi connectivity index (χ3v) is 2.71. The number of nitrogens with zero attached hydrogens (tertiary/aromatic N) is 3. The van der Waals surface area contributed by atoms with Gasteiger partial charge in [-0.25, -0.2) is 9.97 Å². The molecular weight excluding hydrogens is 264 g/mol. The second kappa shape index (κ2) is 6.13. The molecule has 0 spiro atoms. The first-order valence-electron chi connectivity index (χ1n) is 6.38. The topological polar surface area (TPSA) is 122 Å². The molecule has 1 fully saturated rings. The molecule has 1 saturated carbocycles. The standard InChI is InChI=1S/C11H16N6O3/c1-2-12-10-9(17(19)20)11(15-6-14-10)13-5-8(18)16-7-3-4-7/h6-7H,2-5H2,1H3,(H,16,18)(H2,12,13,14,15). The average molecular weight is 280 g/mol. The van der Waals surface area contributed by atoms with E-state index in [1.165, 1.54) is 6.33 Å². The molecule has 3 N–H and O–H groups in total. The molecule has 1 aliphatic carbocycles. The fourth-order valence-electron chi connectivity index (χ4n) is 1.65.